The van der Waals surface area contributed by atoms with Gasteiger partial charge in [0.15, 0.2) is 0 Å². The van der Waals surface area contributed by atoms with Crippen LogP contribution in [-0.4, -0.2) is 9.55 Å². The van der Waals surface area contributed by atoms with Gasteiger partial charge in [0.25, 0.3) is 5.56 Å². The zero-order valence-electron chi connectivity index (χ0n) is 9.14. The SMILES string of the molecule is O=c1c(Br)cncn1CC1Cc2ccccc21. The van der Waals surface area contributed by atoms with Crippen molar-refractivity contribution in [2.24, 2.45) is 0 Å². The first kappa shape index (κ1) is 10.7. The Balaban J connectivity index is 1.87. The predicted molar refractivity (Wildman–Crippen MR) is 69.1 cm³/mol. The summed E-state index contributed by atoms with van der Waals surface area (Å²) in [4.78, 5) is 15.9. The van der Waals surface area contributed by atoms with Crippen molar-refractivity contribution >= 4 is 15.9 Å². The number of hydrogen-bond acceptors (Lipinski definition) is 2. The lowest BCUT2D eigenvalue weighted by Crippen LogP contribution is -2.28. The summed E-state index contributed by atoms with van der Waals surface area (Å²) in [6, 6.07) is 8.39. The minimum absolute atomic E-state index is 0.00983. The normalized spacial score (nSPS) is 17.4. The summed E-state index contributed by atoms with van der Waals surface area (Å²) in [5, 5.41) is 0. The Morgan fingerprint density at radius 3 is 3.06 bits per heavy atom. The van der Waals surface area contributed by atoms with Crippen molar-refractivity contribution in [3.05, 3.63) is 62.7 Å². The van der Waals surface area contributed by atoms with Gasteiger partial charge in [-0.05, 0) is 33.5 Å². The van der Waals surface area contributed by atoms with Gasteiger partial charge in [0.05, 0.1) is 6.33 Å². The summed E-state index contributed by atoms with van der Waals surface area (Å²) in [7, 11) is 0. The smallest absolute Gasteiger partial charge is 0.267 e. The number of benzene rings is 1. The molecule has 1 atom stereocenters. The van der Waals surface area contributed by atoms with Crippen LogP contribution in [0.5, 0.6) is 0 Å². The Bertz CT molecular complexity index is 621. The Morgan fingerprint density at radius 2 is 2.24 bits per heavy atom. The summed E-state index contributed by atoms with van der Waals surface area (Å²) in [6.45, 7) is 0.711. The molecule has 0 radical (unpaired) electrons. The van der Waals surface area contributed by atoms with Gasteiger partial charge < -0.3 is 0 Å². The number of aromatic nitrogens is 2. The molecule has 1 heterocycles. The molecule has 0 fully saturated rings. The molecule has 3 nitrogen and oxygen atoms in total. The molecule has 0 saturated carbocycles. The van der Waals surface area contributed by atoms with Gasteiger partial charge in [0.1, 0.15) is 4.47 Å². The highest BCUT2D eigenvalue weighted by molar-refractivity contribution is 9.10. The summed E-state index contributed by atoms with van der Waals surface area (Å²) in [5.41, 5.74) is 2.75. The second-order valence-corrected chi connectivity index (χ2v) is 5.15. The lowest BCUT2D eigenvalue weighted by atomic mass is 9.77. The van der Waals surface area contributed by atoms with Crippen molar-refractivity contribution in [3.63, 3.8) is 0 Å². The first-order chi connectivity index (χ1) is 8.25. The molecule has 86 valence electrons. The van der Waals surface area contributed by atoms with E-state index in [1.54, 1.807) is 10.9 Å². The second-order valence-electron chi connectivity index (χ2n) is 4.30. The Kier molecular flexibility index (Phi) is 2.59. The Labute approximate surface area is 107 Å². The molecule has 0 spiro atoms. The summed E-state index contributed by atoms with van der Waals surface area (Å²) >= 11 is 3.21. The van der Waals surface area contributed by atoms with E-state index in [1.807, 2.05) is 6.07 Å². The average molecular weight is 291 g/mol. The molecular formula is C13H11BrN2O. The van der Waals surface area contributed by atoms with E-state index >= 15 is 0 Å². The molecule has 3 rings (SSSR count). The summed E-state index contributed by atoms with van der Waals surface area (Å²) in [5.74, 6) is 0.444. The fourth-order valence-electron chi connectivity index (χ4n) is 2.32. The van der Waals surface area contributed by atoms with Gasteiger partial charge in [-0.1, -0.05) is 24.3 Å². The number of halogens is 1. The van der Waals surface area contributed by atoms with E-state index in [0.29, 0.717) is 16.9 Å². The molecule has 1 aromatic carbocycles. The molecule has 0 bridgehead atoms. The zero-order chi connectivity index (χ0) is 11.8. The van der Waals surface area contributed by atoms with E-state index in [-0.39, 0.29) is 5.56 Å². The lowest BCUT2D eigenvalue weighted by Gasteiger charge is -2.30. The molecule has 0 saturated heterocycles. The van der Waals surface area contributed by atoms with Crippen molar-refractivity contribution in [2.75, 3.05) is 0 Å². The number of nitrogens with zero attached hydrogens (tertiary/aromatic N) is 2. The fraction of sp³-hybridized carbons (Fsp3) is 0.231. The number of hydrogen-bond donors (Lipinski definition) is 0. The first-order valence-electron chi connectivity index (χ1n) is 5.53. The molecule has 0 amide bonds. The Morgan fingerprint density at radius 1 is 1.41 bits per heavy atom. The molecule has 1 aliphatic rings. The highest BCUT2D eigenvalue weighted by Crippen LogP contribution is 2.35. The highest BCUT2D eigenvalue weighted by Gasteiger charge is 2.25. The third kappa shape index (κ3) is 1.82. The van der Waals surface area contributed by atoms with Crippen LogP contribution in [0.2, 0.25) is 0 Å². The van der Waals surface area contributed by atoms with E-state index in [4.69, 9.17) is 0 Å². The zero-order valence-corrected chi connectivity index (χ0v) is 10.7. The van der Waals surface area contributed by atoms with Gasteiger partial charge in [-0.25, -0.2) is 4.98 Å². The number of fused-ring (bicyclic) bond motifs is 1. The van der Waals surface area contributed by atoms with Crippen LogP contribution in [0.4, 0.5) is 0 Å². The highest BCUT2D eigenvalue weighted by atomic mass is 79.9. The predicted octanol–water partition coefficient (Wildman–Crippen LogP) is 2.35. The van der Waals surface area contributed by atoms with Crippen molar-refractivity contribution in [2.45, 2.75) is 18.9 Å². The first-order valence-corrected chi connectivity index (χ1v) is 6.33. The summed E-state index contributed by atoms with van der Waals surface area (Å²) < 4.78 is 2.19. The third-order valence-corrected chi connectivity index (χ3v) is 3.78. The van der Waals surface area contributed by atoms with Crippen molar-refractivity contribution < 1.29 is 0 Å². The third-order valence-electron chi connectivity index (χ3n) is 3.24. The number of rotatable bonds is 2. The average Bonchev–Trinajstić information content (AvgIpc) is 2.31. The molecule has 1 aromatic heterocycles. The van der Waals surface area contributed by atoms with Crippen LogP contribution in [0.3, 0.4) is 0 Å². The van der Waals surface area contributed by atoms with Crippen LogP contribution < -0.4 is 5.56 Å². The van der Waals surface area contributed by atoms with E-state index in [0.717, 1.165) is 6.42 Å². The minimum Gasteiger partial charge on any atom is -0.298 e. The van der Waals surface area contributed by atoms with Crippen molar-refractivity contribution in [1.29, 1.82) is 0 Å². The molecule has 0 aliphatic heterocycles. The monoisotopic (exact) mass is 290 g/mol. The van der Waals surface area contributed by atoms with E-state index < -0.39 is 0 Å². The van der Waals surface area contributed by atoms with Crippen molar-refractivity contribution in [3.8, 4) is 0 Å². The van der Waals surface area contributed by atoms with Crippen molar-refractivity contribution in [1.82, 2.24) is 9.55 Å². The maximum Gasteiger partial charge on any atom is 0.267 e. The lowest BCUT2D eigenvalue weighted by molar-refractivity contribution is 0.493. The molecule has 1 aliphatic carbocycles. The molecule has 2 aromatic rings. The van der Waals surface area contributed by atoms with Crippen LogP contribution in [0.15, 0.2) is 46.1 Å². The summed E-state index contributed by atoms with van der Waals surface area (Å²) in [6.07, 6.45) is 4.19. The molecule has 4 heteroatoms. The van der Waals surface area contributed by atoms with Gasteiger partial charge in [0.2, 0.25) is 0 Å². The van der Waals surface area contributed by atoms with Gasteiger partial charge >= 0.3 is 0 Å². The molecule has 17 heavy (non-hydrogen) atoms. The van der Waals surface area contributed by atoms with Crippen LogP contribution in [0.25, 0.3) is 0 Å². The van der Waals surface area contributed by atoms with Crippen LogP contribution >= 0.6 is 15.9 Å². The molecular weight excluding hydrogens is 280 g/mol. The van der Waals surface area contributed by atoms with Crippen LogP contribution in [0.1, 0.15) is 17.0 Å². The fourth-order valence-corrected chi connectivity index (χ4v) is 2.66. The van der Waals surface area contributed by atoms with E-state index in [2.05, 4.69) is 39.1 Å². The Hall–Kier alpha value is -1.42. The van der Waals surface area contributed by atoms with E-state index in [1.165, 1.54) is 17.3 Å². The molecule has 1 unspecified atom stereocenters. The van der Waals surface area contributed by atoms with Gasteiger partial charge in [-0.15, -0.1) is 0 Å². The topological polar surface area (TPSA) is 34.9 Å². The standard InChI is InChI=1S/C13H11BrN2O/c14-12-6-15-8-16(13(12)17)7-10-5-9-3-1-2-4-11(9)10/h1-4,6,8,10H,5,7H2. The molecule has 0 N–H and O–H groups in total. The van der Waals surface area contributed by atoms with Gasteiger partial charge in [0, 0.05) is 18.7 Å². The minimum atomic E-state index is -0.00983. The quantitative estimate of drug-likeness (QED) is 0.851. The van der Waals surface area contributed by atoms with Crippen LogP contribution in [-0.2, 0) is 13.0 Å². The second kappa shape index (κ2) is 4.11. The maximum atomic E-state index is 11.8. The largest absolute Gasteiger partial charge is 0.298 e. The van der Waals surface area contributed by atoms with Gasteiger partial charge in [-0.3, -0.25) is 9.36 Å². The maximum absolute atomic E-state index is 11.8. The van der Waals surface area contributed by atoms with Crippen LogP contribution in [0, 0.1) is 0 Å². The van der Waals surface area contributed by atoms with E-state index in [9.17, 15) is 4.79 Å². The van der Waals surface area contributed by atoms with Gasteiger partial charge in [-0.2, -0.15) is 0 Å².